The lowest BCUT2D eigenvalue weighted by Gasteiger charge is -2.64. The second-order valence-corrected chi connectivity index (χ2v) is 12.8. The van der Waals surface area contributed by atoms with Gasteiger partial charge in [0.05, 0.1) is 17.9 Å². The van der Waals surface area contributed by atoms with Crippen molar-refractivity contribution in [1.29, 1.82) is 0 Å². The summed E-state index contributed by atoms with van der Waals surface area (Å²) in [5.41, 5.74) is -2.01. The molecule has 4 rings (SSSR count). The van der Waals surface area contributed by atoms with Crippen molar-refractivity contribution in [1.82, 2.24) is 0 Å². The summed E-state index contributed by atoms with van der Waals surface area (Å²) >= 11 is 0. The molecule has 9 unspecified atom stereocenters. The highest BCUT2D eigenvalue weighted by atomic mass is 16.6. The summed E-state index contributed by atoms with van der Waals surface area (Å²) in [6.07, 6.45) is 1.53. The molecule has 2 aliphatic heterocycles. The second-order valence-electron chi connectivity index (χ2n) is 12.8. The van der Waals surface area contributed by atoms with Crippen LogP contribution in [0.1, 0.15) is 80.6 Å². The number of carbonyl (C=O) groups is 5. The van der Waals surface area contributed by atoms with Crippen LogP contribution in [0.25, 0.3) is 0 Å². The van der Waals surface area contributed by atoms with Crippen LogP contribution in [0.5, 0.6) is 0 Å². The highest BCUT2D eigenvalue weighted by molar-refractivity contribution is 5.85. The zero-order chi connectivity index (χ0) is 31.0. The van der Waals surface area contributed by atoms with E-state index in [1.165, 1.54) is 26.8 Å². The Morgan fingerprint density at radius 2 is 1.79 bits per heavy atom. The van der Waals surface area contributed by atoms with E-state index in [2.05, 4.69) is 6.92 Å². The summed E-state index contributed by atoms with van der Waals surface area (Å²) in [5.74, 6) is -3.34. The van der Waals surface area contributed by atoms with Crippen LogP contribution < -0.4 is 0 Å². The first-order valence-electron chi connectivity index (χ1n) is 14.9. The lowest BCUT2D eigenvalue weighted by atomic mass is 9.42. The van der Waals surface area contributed by atoms with Crippen LogP contribution in [-0.4, -0.2) is 73.6 Å². The summed E-state index contributed by atoms with van der Waals surface area (Å²) in [4.78, 5) is 62.3. The minimum Gasteiger partial charge on any atom is -0.465 e. The molecular weight excluding hydrogens is 548 g/mol. The normalized spacial score (nSPS) is 36.5. The molecule has 234 valence electrons. The summed E-state index contributed by atoms with van der Waals surface area (Å²) < 4.78 is 35.2. The lowest BCUT2D eigenvalue weighted by molar-refractivity contribution is -0.260. The van der Waals surface area contributed by atoms with Crippen molar-refractivity contribution in [2.24, 2.45) is 28.6 Å². The molecule has 11 nitrogen and oxygen atoms in total. The number of cyclic esters (lactones) is 1. The zero-order valence-corrected chi connectivity index (χ0v) is 25.7. The molecule has 0 aromatic heterocycles. The number of fused-ring (bicyclic) bond motifs is 2. The van der Waals surface area contributed by atoms with Crippen molar-refractivity contribution in [2.45, 2.75) is 104 Å². The van der Waals surface area contributed by atoms with E-state index >= 15 is 0 Å². The monoisotopic (exact) mass is 592 g/mol. The minimum atomic E-state index is -1.05. The van der Waals surface area contributed by atoms with Crippen molar-refractivity contribution >= 4 is 29.8 Å². The molecule has 0 radical (unpaired) electrons. The van der Waals surface area contributed by atoms with Gasteiger partial charge in [-0.15, -0.1) is 0 Å². The molecule has 3 fully saturated rings. The van der Waals surface area contributed by atoms with Crippen LogP contribution in [-0.2, 0) is 52.4 Å². The van der Waals surface area contributed by atoms with Gasteiger partial charge in [-0.25, -0.2) is 4.79 Å². The highest BCUT2D eigenvalue weighted by Gasteiger charge is 2.77. The zero-order valence-electron chi connectivity index (χ0n) is 25.7. The molecule has 0 aromatic carbocycles. The molecule has 1 spiro atoms. The molecule has 0 aromatic rings. The van der Waals surface area contributed by atoms with Gasteiger partial charge in [0.15, 0.2) is 0 Å². The predicted molar refractivity (Wildman–Crippen MR) is 146 cm³/mol. The van der Waals surface area contributed by atoms with Gasteiger partial charge in [-0.2, -0.15) is 0 Å². The standard InChI is InChI=1S/C31H44O11/c1-8-17(2)28(36)42-23-9-10-30(15-39-30)31(16-38-19(4)32)25(41-21(6)34)11-18(3)29(7,27(23)31)13-24(40-20(5)33)22-12-26(35)37-14-22/h12,17-18,23-25,27H,8-11,13-16H2,1-7H3. The molecule has 0 N–H and O–H groups in total. The SMILES string of the molecule is CCC(C)C(=O)OC1CCC2(CO2)C2(COC(C)=O)C(OC(C)=O)CC(C)C(C)(CC(OC(C)=O)C3=CC(=O)OC3)C12. The summed E-state index contributed by atoms with van der Waals surface area (Å²) in [6.45, 7) is 12.1. The van der Waals surface area contributed by atoms with Crippen molar-refractivity contribution in [3.8, 4) is 0 Å². The number of hydrogen-bond donors (Lipinski definition) is 0. The Hall–Kier alpha value is -2.95. The second kappa shape index (κ2) is 12.0. The molecule has 9 atom stereocenters. The Balaban J connectivity index is 1.89. The molecule has 1 saturated heterocycles. The van der Waals surface area contributed by atoms with E-state index in [4.69, 9.17) is 28.4 Å². The Labute approximate surface area is 246 Å². The fourth-order valence-corrected chi connectivity index (χ4v) is 7.70. The van der Waals surface area contributed by atoms with E-state index in [1.54, 1.807) is 0 Å². The number of rotatable bonds is 10. The van der Waals surface area contributed by atoms with Gasteiger partial charge in [-0.3, -0.25) is 19.2 Å². The lowest BCUT2D eigenvalue weighted by Crippen LogP contribution is -2.71. The van der Waals surface area contributed by atoms with E-state index in [-0.39, 0.29) is 37.4 Å². The van der Waals surface area contributed by atoms with Gasteiger partial charge in [0.25, 0.3) is 0 Å². The minimum absolute atomic E-state index is 0.0000482. The van der Waals surface area contributed by atoms with Gasteiger partial charge in [0.1, 0.15) is 37.1 Å². The van der Waals surface area contributed by atoms with Crippen LogP contribution in [0.2, 0.25) is 0 Å². The van der Waals surface area contributed by atoms with E-state index in [1.807, 2.05) is 20.8 Å². The molecular formula is C31H44O11. The van der Waals surface area contributed by atoms with E-state index < -0.39 is 64.5 Å². The van der Waals surface area contributed by atoms with Gasteiger partial charge < -0.3 is 28.4 Å². The summed E-state index contributed by atoms with van der Waals surface area (Å²) in [6, 6.07) is 0. The van der Waals surface area contributed by atoms with Gasteiger partial charge in [-0.05, 0) is 43.4 Å². The van der Waals surface area contributed by atoms with Crippen LogP contribution in [0.3, 0.4) is 0 Å². The molecule has 2 saturated carbocycles. The maximum atomic E-state index is 13.3. The topological polar surface area (TPSA) is 144 Å². The number of hydrogen-bond acceptors (Lipinski definition) is 11. The fraction of sp³-hybridized carbons (Fsp3) is 0.774. The Bertz CT molecular complexity index is 1140. The first kappa shape index (κ1) is 32.0. The molecule has 42 heavy (non-hydrogen) atoms. The molecule has 2 heterocycles. The highest BCUT2D eigenvalue weighted by Crippen LogP contribution is 2.70. The van der Waals surface area contributed by atoms with Crippen LogP contribution >= 0.6 is 0 Å². The number of esters is 5. The smallest absolute Gasteiger partial charge is 0.331 e. The summed E-state index contributed by atoms with van der Waals surface area (Å²) in [5, 5.41) is 0. The Kier molecular flexibility index (Phi) is 9.11. The number of epoxide rings is 1. The first-order chi connectivity index (χ1) is 19.7. The molecule has 11 heteroatoms. The van der Waals surface area contributed by atoms with Gasteiger partial charge in [0, 0.05) is 38.3 Å². The molecule has 4 aliphatic rings. The molecule has 2 aliphatic carbocycles. The Morgan fingerprint density at radius 3 is 2.31 bits per heavy atom. The maximum Gasteiger partial charge on any atom is 0.331 e. The van der Waals surface area contributed by atoms with E-state index in [9.17, 15) is 24.0 Å². The van der Waals surface area contributed by atoms with E-state index in [0.717, 1.165) is 0 Å². The number of carbonyl (C=O) groups excluding carboxylic acids is 5. The molecule has 0 amide bonds. The van der Waals surface area contributed by atoms with Crippen molar-refractivity contribution in [2.75, 3.05) is 19.8 Å². The van der Waals surface area contributed by atoms with Crippen LogP contribution in [0.4, 0.5) is 0 Å². The Morgan fingerprint density at radius 1 is 1.10 bits per heavy atom. The van der Waals surface area contributed by atoms with E-state index in [0.29, 0.717) is 37.9 Å². The van der Waals surface area contributed by atoms with Crippen molar-refractivity contribution in [3.63, 3.8) is 0 Å². The number of ether oxygens (including phenoxy) is 6. The first-order valence-corrected chi connectivity index (χ1v) is 14.9. The fourth-order valence-electron chi connectivity index (χ4n) is 7.70. The largest absolute Gasteiger partial charge is 0.465 e. The van der Waals surface area contributed by atoms with Gasteiger partial charge in [-0.1, -0.05) is 27.7 Å². The average molecular weight is 593 g/mol. The third kappa shape index (κ3) is 5.81. The maximum absolute atomic E-state index is 13.3. The van der Waals surface area contributed by atoms with Gasteiger partial charge >= 0.3 is 29.8 Å². The van der Waals surface area contributed by atoms with Crippen LogP contribution in [0, 0.1) is 28.6 Å². The quantitative estimate of drug-likeness (QED) is 0.209. The third-order valence-corrected chi connectivity index (χ3v) is 10.2. The van der Waals surface area contributed by atoms with Gasteiger partial charge in [0.2, 0.25) is 0 Å². The third-order valence-electron chi connectivity index (χ3n) is 10.2. The predicted octanol–water partition coefficient (Wildman–Crippen LogP) is 3.46. The van der Waals surface area contributed by atoms with Crippen molar-refractivity contribution < 1.29 is 52.4 Å². The molecule has 0 bridgehead atoms. The van der Waals surface area contributed by atoms with Crippen molar-refractivity contribution in [3.05, 3.63) is 11.6 Å². The summed E-state index contributed by atoms with van der Waals surface area (Å²) in [7, 11) is 0. The van der Waals surface area contributed by atoms with Crippen LogP contribution in [0.15, 0.2) is 11.6 Å². The average Bonchev–Trinajstić information content (AvgIpc) is 3.56.